The fourth-order valence-electron chi connectivity index (χ4n) is 0.761. The summed E-state index contributed by atoms with van der Waals surface area (Å²) in [5.41, 5.74) is 0.134. The fraction of sp³-hybridized carbons (Fsp3) is 0.286. The first-order valence-electron chi connectivity index (χ1n) is 3.28. The van der Waals surface area contributed by atoms with Crippen molar-refractivity contribution in [3.8, 4) is 5.88 Å². The number of hydrogen-bond acceptors (Lipinski definition) is 5. The smallest absolute Gasteiger partial charge is 0.238 e. The number of methoxy groups -OCH3 is 1. The number of aliphatic hydroxyl groups is 1. The zero-order valence-electron chi connectivity index (χ0n) is 6.47. The highest BCUT2D eigenvalue weighted by Gasteiger charge is 2.13. The van der Waals surface area contributed by atoms with Crippen LogP contribution in [0.25, 0.3) is 0 Å². The van der Waals surface area contributed by atoms with E-state index in [0.29, 0.717) is 6.29 Å². The Labute approximate surface area is 69.0 Å². The third-order valence-corrected chi connectivity index (χ3v) is 1.29. The topological polar surface area (TPSA) is 72.3 Å². The molecule has 64 valence electrons. The number of rotatable bonds is 3. The lowest BCUT2D eigenvalue weighted by Gasteiger charge is -2.05. The van der Waals surface area contributed by atoms with E-state index in [0.717, 1.165) is 0 Å². The zero-order chi connectivity index (χ0) is 8.97. The Bertz CT molecular complexity index is 277. The van der Waals surface area contributed by atoms with Gasteiger partial charge in [-0.05, 0) is 0 Å². The van der Waals surface area contributed by atoms with Gasteiger partial charge in [0.15, 0.2) is 12.4 Å². The molecule has 0 aliphatic carbocycles. The van der Waals surface area contributed by atoms with Crippen LogP contribution in [-0.2, 0) is 4.79 Å². The van der Waals surface area contributed by atoms with Gasteiger partial charge < -0.3 is 14.6 Å². The molecule has 0 radical (unpaired) electrons. The summed E-state index contributed by atoms with van der Waals surface area (Å²) < 4.78 is 4.78. The summed E-state index contributed by atoms with van der Waals surface area (Å²) in [5.74, 6) is 0.164. The molecule has 1 aromatic heterocycles. The van der Waals surface area contributed by atoms with Crippen LogP contribution in [0.3, 0.4) is 0 Å². The third kappa shape index (κ3) is 1.57. The zero-order valence-corrected chi connectivity index (χ0v) is 6.47. The van der Waals surface area contributed by atoms with Crippen LogP contribution in [0.2, 0.25) is 0 Å². The first-order valence-corrected chi connectivity index (χ1v) is 3.28. The van der Waals surface area contributed by atoms with Gasteiger partial charge in [0, 0.05) is 12.4 Å². The van der Waals surface area contributed by atoms with Crippen LogP contribution in [-0.4, -0.2) is 28.5 Å². The number of aromatic nitrogens is 2. The molecular formula is C7H8N2O3. The van der Waals surface area contributed by atoms with Crippen molar-refractivity contribution in [3.05, 3.63) is 18.1 Å². The van der Waals surface area contributed by atoms with Crippen molar-refractivity contribution in [3.63, 3.8) is 0 Å². The van der Waals surface area contributed by atoms with Crippen LogP contribution < -0.4 is 4.74 Å². The van der Waals surface area contributed by atoms with Crippen molar-refractivity contribution in [1.29, 1.82) is 0 Å². The Morgan fingerprint density at radius 1 is 1.58 bits per heavy atom. The summed E-state index contributed by atoms with van der Waals surface area (Å²) in [6.45, 7) is 0. The van der Waals surface area contributed by atoms with Crippen molar-refractivity contribution in [2.75, 3.05) is 7.11 Å². The predicted octanol–water partition coefficient (Wildman–Crippen LogP) is -0.283. The molecule has 0 bridgehead atoms. The second kappa shape index (κ2) is 3.77. The van der Waals surface area contributed by atoms with Crippen LogP contribution in [0.15, 0.2) is 12.4 Å². The molecule has 5 nitrogen and oxygen atoms in total. The molecule has 1 atom stereocenters. The van der Waals surface area contributed by atoms with Crippen molar-refractivity contribution < 1.29 is 14.6 Å². The molecule has 0 aliphatic heterocycles. The minimum atomic E-state index is -1.27. The highest BCUT2D eigenvalue weighted by molar-refractivity contribution is 5.59. The summed E-state index contributed by atoms with van der Waals surface area (Å²) in [5, 5.41) is 9.09. The summed E-state index contributed by atoms with van der Waals surface area (Å²) in [6, 6.07) is 0. The van der Waals surface area contributed by atoms with E-state index in [4.69, 9.17) is 9.84 Å². The van der Waals surface area contributed by atoms with Crippen molar-refractivity contribution in [1.82, 2.24) is 9.97 Å². The molecule has 0 fully saturated rings. The van der Waals surface area contributed by atoms with Crippen LogP contribution in [0.5, 0.6) is 5.88 Å². The van der Waals surface area contributed by atoms with Crippen LogP contribution in [0, 0.1) is 0 Å². The summed E-state index contributed by atoms with van der Waals surface area (Å²) >= 11 is 0. The second-order valence-electron chi connectivity index (χ2n) is 2.03. The maximum absolute atomic E-state index is 10.2. The number of hydrogen-bond donors (Lipinski definition) is 1. The summed E-state index contributed by atoms with van der Waals surface area (Å²) in [6.07, 6.45) is 1.89. The third-order valence-electron chi connectivity index (χ3n) is 1.29. The quantitative estimate of drug-likeness (QED) is 0.628. The van der Waals surface area contributed by atoms with Gasteiger partial charge in [0.1, 0.15) is 5.69 Å². The lowest BCUT2D eigenvalue weighted by Crippen LogP contribution is -2.05. The minimum absolute atomic E-state index is 0.134. The molecule has 1 aromatic rings. The molecule has 0 saturated carbocycles. The normalized spacial score (nSPS) is 12.2. The molecule has 1 unspecified atom stereocenters. The Balaban J connectivity index is 3.04. The molecule has 0 aromatic carbocycles. The van der Waals surface area contributed by atoms with E-state index in [-0.39, 0.29) is 11.6 Å². The number of carbonyl (C=O) groups excluding carboxylic acids is 1. The van der Waals surface area contributed by atoms with Crippen LogP contribution in [0.1, 0.15) is 11.8 Å². The van der Waals surface area contributed by atoms with Gasteiger partial charge in [-0.2, -0.15) is 0 Å². The molecule has 0 amide bonds. The first-order chi connectivity index (χ1) is 5.79. The maximum Gasteiger partial charge on any atom is 0.238 e. The molecule has 5 heteroatoms. The largest absolute Gasteiger partial charge is 0.480 e. The molecular weight excluding hydrogens is 160 g/mol. The number of ether oxygens (including phenoxy) is 1. The van der Waals surface area contributed by atoms with Gasteiger partial charge in [0.25, 0.3) is 0 Å². The maximum atomic E-state index is 10.2. The van der Waals surface area contributed by atoms with Crippen molar-refractivity contribution in [2.45, 2.75) is 6.10 Å². The SMILES string of the molecule is COc1nccnc1C(O)C=O. The van der Waals surface area contributed by atoms with Gasteiger partial charge in [0.05, 0.1) is 7.11 Å². The number of aliphatic hydroxyl groups excluding tert-OH is 1. The van der Waals surface area contributed by atoms with Crippen molar-refractivity contribution >= 4 is 6.29 Å². The van der Waals surface area contributed by atoms with Gasteiger partial charge in [0.2, 0.25) is 5.88 Å². The average Bonchev–Trinajstić information content (AvgIpc) is 2.16. The number of aldehydes is 1. The predicted molar refractivity (Wildman–Crippen MR) is 39.6 cm³/mol. The molecule has 0 saturated heterocycles. The molecule has 1 rings (SSSR count). The number of carbonyl (C=O) groups is 1. The fourth-order valence-corrected chi connectivity index (χ4v) is 0.761. The number of nitrogens with zero attached hydrogens (tertiary/aromatic N) is 2. The molecule has 0 aliphatic rings. The van der Waals surface area contributed by atoms with E-state index >= 15 is 0 Å². The minimum Gasteiger partial charge on any atom is -0.480 e. The van der Waals surface area contributed by atoms with E-state index in [1.807, 2.05) is 0 Å². The Morgan fingerprint density at radius 2 is 2.25 bits per heavy atom. The van der Waals surface area contributed by atoms with Crippen molar-refractivity contribution in [2.24, 2.45) is 0 Å². The Morgan fingerprint density at radius 3 is 2.83 bits per heavy atom. The molecule has 1 heterocycles. The van der Waals surface area contributed by atoms with E-state index < -0.39 is 6.10 Å². The van der Waals surface area contributed by atoms with E-state index in [2.05, 4.69) is 9.97 Å². The van der Waals surface area contributed by atoms with Gasteiger partial charge in [-0.1, -0.05) is 0 Å². The lowest BCUT2D eigenvalue weighted by molar-refractivity contribution is -0.115. The first kappa shape index (κ1) is 8.61. The molecule has 0 spiro atoms. The summed E-state index contributed by atoms with van der Waals surface area (Å²) in [4.78, 5) is 17.7. The highest BCUT2D eigenvalue weighted by atomic mass is 16.5. The lowest BCUT2D eigenvalue weighted by atomic mass is 10.3. The Kier molecular flexibility index (Phi) is 2.71. The molecule has 1 N–H and O–H groups in total. The van der Waals surface area contributed by atoms with Gasteiger partial charge in [-0.15, -0.1) is 0 Å². The highest BCUT2D eigenvalue weighted by Crippen LogP contribution is 2.16. The van der Waals surface area contributed by atoms with Crippen LogP contribution >= 0.6 is 0 Å². The van der Waals surface area contributed by atoms with E-state index in [1.165, 1.54) is 19.5 Å². The molecule has 12 heavy (non-hydrogen) atoms. The summed E-state index contributed by atoms with van der Waals surface area (Å²) in [7, 11) is 1.39. The van der Waals surface area contributed by atoms with Gasteiger partial charge >= 0.3 is 0 Å². The van der Waals surface area contributed by atoms with Gasteiger partial charge in [-0.3, -0.25) is 4.98 Å². The van der Waals surface area contributed by atoms with Crippen LogP contribution in [0.4, 0.5) is 0 Å². The standard InChI is InChI=1S/C7H8N2O3/c1-12-7-6(5(11)4-10)8-2-3-9-7/h2-5,11H,1H3. The van der Waals surface area contributed by atoms with E-state index in [1.54, 1.807) is 0 Å². The van der Waals surface area contributed by atoms with Gasteiger partial charge in [-0.25, -0.2) is 4.98 Å². The monoisotopic (exact) mass is 168 g/mol. The Hall–Kier alpha value is -1.49. The average molecular weight is 168 g/mol. The van der Waals surface area contributed by atoms with E-state index in [9.17, 15) is 4.79 Å². The second-order valence-corrected chi connectivity index (χ2v) is 2.03.